The largest absolute Gasteiger partial charge is 0.469 e. The molecule has 0 fully saturated rings. The number of hydrogen-bond donors (Lipinski definition) is 0. The number of benzene rings is 1. The average molecular weight is 250 g/mol. The van der Waals surface area contributed by atoms with Gasteiger partial charge in [0.25, 0.3) is 0 Å². The lowest BCUT2D eigenvalue weighted by molar-refractivity contribution is -0.144. The van der Waals surface area contributed by atoms with Gasteiger partial charge in [0.2, 0.25) is 0 Å². The van der Waals surface area contributed by atoms with Crippen LogP contribution in [0.5, 0.6) is 0 Å². The third kappa shape index (κ3) is 5.82. The summed E-state index contributed by atoms with van der Waals surface area (Å²) in [5, 5.41) is 0. The van der Waals surface area contributed by atoms with Crippen molar-refractivity contribution in [3.8, 4) is 0 Å². The number of hydrogen-bond acceptors (Lipinski definition) is 3. The molecule has 3 nitrogen and oxygen atoms in total. The van der Waals surface area contributed by atoms with Crippen LogP contribution in [0.1, 0.15) is 38.2 Å². The Bertz CT molecular complexity index is 335. The van der Waals surface area contributed by atoms with E-state index in [4.69, 9.17) is 9.47 Å². The molecule has 0 aliphatic heterocycles. The molecule has 100 valence electrons. The lowest BCUT2D eigenvalue weighted by Crippen LogP contribution is -2.18. The van der Waals surface area contributed by atoms with E-state index in [1.165, 1.54) is 7.11 Å². The van der Waals surface area contributed by atoms with Crippen molar-refractivity contribution >= 4 is 5.97 Å². The van der Waals surface area contributed by atoms with Gasteiger partial charge >= 0.3 is 5.97 Å². The van der Waals surface area contributed by atoms with E-state index >= 15 is 0 Å². The van der Waals surface area contributed by atoms with Crippen molar-refractivity contribution < 1.29 is 14.3 Å². The Kier molecular flexibility index (Phi) is 7.11. The minimum absolute atomic E-state index is 0.0439. The van der Waals surface area contributed by atoms with Gasteiger partial charge in [-0.3, -0.25) is 4.79 Å². The molecule has 1 aromatic carbocycles. The molecule has 18 heavy (non-hydrogen) atoms. The molecule has 1 atom stereocenters. The van der Waals surface area contributed by atoms with E-state index in [0.29, 0.717) is 13.0 Å². The molecule has 0 bridgehead atoms. The number of carbonyl (C=O) groups is 1. The molecule has 0 aliphatic carbocycles. The Morgan fingerprint density at radius 3 is 2.61 bits per heavy atom. The molecule has 0 N–H and O–H groups in total. The zero-order chi connectivity index (χ0) is 13.2. The fraction of sp³-hybridized carbons (Fsp3) is 0.533. The fourth-order valence-electron chi connectivity index (χ4n) is 1.73. The van der Waals surface area contributed by atoms with Gasteiger partial charge in [-0.2, -0.15) is 0 Å². The maximum atomic E-state index is 11.3. The zero-order valence-electron chi connectivity index (χ0n) is 11.2. The van der Waals surface area contributed by atoms with Gasteiger partial charge in [0, 0.05) is 0 Å². The first-order chi connectivity index (χ1) is 8.76. The van der Waals surface area contributed by atoms with Crippen LogP contribution in [-0.2, 0) is 20.9 Å². The second kappa shape index (κ2) is 8.70. The van der Waals surface area contributed by atoms with Crippen molar-refractivity contribution in [1.82, 2.24) is 0 Å². The van der Waals surface area contributed by atoms with Crippen LogP contribution in [0.2, 0.25) is 0 Å². The van der Waals surface area contributed by atoms with E-state index in [-0.39, 0.29) is 12.1 Å². The van der Waals surface area contributed by atoms with Crippen LogP contribution in [0.3, 0.4) is 0 Å². The maximum Gasteiger partial charge on any atom is 0.308 e. The van der Waals surface area contributed by atoms with Crippen LogP contribution in [0, 0.1) is 0 Å². The normalized spacial score (nSPS) is 12.1. The molecule has 3 heteroatoms. The summed E-state index contributed by atoms with van der Waals surface area (Å²) < 4.78 is 10.5. The molecule has 0 saturated heterocycles. The number of unbranched alkanes of at least 4 members (excludes halogenated alkanes) is 1. The Morgan fingerprint density at radius 2 is 2.00 bits per heavy atom. The van der Waals surface area contributed by atoms with Gasteiger partial charge < -0.3 is 9.47 Å². The van der Waals surface area contributed by atoms with Crippen LogP contribution < -0.4 is 0 Å². The lowest BCUT2D eigenvalue weighted by Gasteiger charge is -2.16. The predicted octanol–water partition coefficient (Wildman–Crippen LogP) is 3.33. The standard InChI is InChI=1S/C15H22O3/c1-3-4-10-14(11-15(16)17-2)18-12-13-8-6-5-7-9-13/h5-9,14H,3-4,10-12H2,1-2H3. The van der Waals surface area contributed by atoms with Gasteiger partial charge in [-0.05, 0) is 12.0 Å². The van der Waals surface area contributed by atoms with Crippen molar-refractivity contribution in [2.75, 3.05) is 7.11 Å². The van der Waals surface area contributed by atoms with Gasteiger partial charge in [0.05, 0.1) is 26.2 Å². The highest BCUT2D eigenvalue weighted by atomic mass is 16.5. The third-order valence-electron chi connectivity index (χ3n) is 2.83. The smallest absolute Gasteiger partial charge is 0.308 e. The first-order valence-electron chi connectivity index (χ1n) is 6.48. The van der Waals surface area contributed by atoms with Crippen molar-refractivity contribution in [3.63, 3.8) is 0 Å². The fourth-order valence-corrected chi connectivity index (χ4v) is 1.73. The minimum atomic E-state index is -0.204. The van der Waals surface area contributed by atoms with Crippen molar-refractivity contribution in [3.05, 3.63) is 35.9 Å². The van der Waals surface area contributed by atoms with E-state index in [0.717, 1.165) is 24.8 Å². The summed E-state index contributed by atoms with van der Waals surface area (Å²) >= 11 is 0. The van der Waals surface area contributed by atoms with Gasteiger partial charge in [-0.1, -0.05) is 50.1 Å². The summed E-state index contributed by atoms with van der Waals surface area (Å²) in [6, 6.07) is 10.00. The number of carbonyl (C=O) groups excluding carboxylic acids is 1. The average Bonchev–Trinajstić information content (AvgIpc) is 2.42. The molecule has 0 aliphatic rings. The monoisotopic (exact) mass is 250 g/mol. The highest BCUT2D eigenvalue weighted by molar-refractivity contribution is 5.69. The second-order valence-corrected chi connectivity index (χ2v) is 4.34. The molecule has 0 spiro atoms. The van der Waals surface area contributed by atoms with E-state index in [1.54, 1.807) is 0 Å². The number of methoxy groups -OCH3 is 1. The Labute approximate surface area is 109 Å². The molecule has 0 heterocycles. The molecule has 0 radical (unpaired) electrons. The van der Waals surface area contributed by atoms with E-state index in [2.05, 4.69) is 6.92 Å². The number of esters is 1. The van der Waals surface area contributed by atoms with Gasteiger partial charge in [-0.25, -0.2) is 0 Å². The van der Waals surface area contributed by atoms with Gasteiger partial charge in [-0.15, -0.1) is 0 Å². The molecule has 0 saturated carbocycles. The zero-order valence-corrected chi connectivity index (χ0v) is 11.2. The second-order valence-electron chi connectivity index (χ2n) is 4.34. The molecule has 1 aromatic rings. The lowest BCUT2D eigenvalue weighted by atomic mass is 10.1. The SMILES string of the molecule is CCCCC(CC(=O)OC)OCc1ccccc1. The summed E-state index contributed by atoms with van der Waals surface area (Å²) in [4.78, 5) is 11.3. The molecular formula is C15H22O3. The van der Waals surface area contributed by atoms with Crippen LogP contribution in [0.25, 0.3) is 0 Å². The minimum Gasteiger partial charge on any atom is -0.469 e. The predicted molar refractivity (Wildman–Crippen MR) is 71.2 cm³/mol. The van der Waals surface area contributed by atoms with Crippen LogP contribution in [0.4, 0.5) is 0 Å². The quantitative estimate of drug-likeness (QED) is 0.664. The number of rotatable bonds is 8. The summed E-state index contributed by atoms with van der Waals surface area (Å²) in [6.45, 7) is 2.68. The van der Waals surface area contributed by atoms with Crippen LogP contribution in [-0.4, -0.2) is 19.2 Å². The van der Waals surface area contributed by atoms with Gasteiger partial charge in [0.1, 0.15) is 0 Å². The number of ether oxygens (including phenoxy) is 2. The molecular weight excluding hydrogens is 228 g/mol. The van der Waals surface area contributed by atoms with E-state index in [9.17, 15) is 4.79 Å². The van der Waals surface area contributed by atoms with E-state index < -0.39 is 0 Å². The summed E-state index contributed by atoms with van der Waals surface area (Å²) in [5.41, 5.74) is 1.13. The Morgan fingerprint density at radius 1 is 1.28 bits per heavy atom. The highest BCUT2D eigenvalue weighted by Gasteiger charge is 2.14. The Hall–Kier alpha value is -1.35. The van der Waals surface area contributed by atoms with E-state index in [1.807, 2.05) is 30.3 Å². The first-order valence-corrected chi connectivity index (χ1v) is 6.48. The van der Waals surface area contributed by atoms with Crippen LogP contribution >= 0.6 is 0 Å². The third-order valence-corrected chi connectivity index (χ3v) is 2.83. The first kappa shape index (κ1) is 14.7. The molecule has 0 aromatic heterocycles. The molecule has 1 unspecified atom stereocenters. The van der Waals surface area contributed by atoms with Crippen molar-refractivity contribution in [1.29, 1.82) is 0 Å². The molecule has 0 amide bonds. The van der Waals surface area contributed by atoms with Crippen molar-refractivity contribution in [2.24, 2.45) is 0 Å². The summed E-state index contributed by atoms with van der Waals surface area (Å²) in [7, 11) is 1.41. The maximum absolute atomic E-state index is 11.3. The van der Waals surface area contributed by atoms with Crippen LogP contribution in [0.15, 0.2) is 30.3 Å². The topological polar surface area (TPSA) is 35.5 Å². The highest BCUT2D eigenvalue weighted by Crippen LogP contribution is 2.12. The summed E-state index contributed by atoms with van der Waals surface area (Å²) in [5.74, 6) is -0.204. The molecule has 1 rings (SSSR count). The summed E-state index contributed by atoms with van der Waals surface area (Å²) in [6.07, 6.45) is 3.36. The Balaban J connectivity index is 2.42. The van der Waals surface area contributed by atoms with Gasteiger partial charge in [0.15, 0.2) is 0 Å². The van der Waals surface area contributed by atoms with Crippen molar-refractivity contribution in [2.45, 2.75) is 45.3 Å².